The molecule has 0 bridgehead atoms. The standard InChI is InChI=1S/C11H14ClNO3/c1-8-6-10(13(14)15)7-9(2)11(8)16-5-3-4-12/h6-7H,3-5H2,1-2H3. The van der Waals surface area contributed by atoms with E-state index in [0.29, 0.717) is 12.5 Å². The fraction of sp³-hybridized carbons (Fsp3) is 0.455. The number of hydrogen-bond acceptors (Lipinski definition) is 3. The van der Waals surface area contributed by atoms with E-state index in [1.807, 2.05) is 0 Å². The first-order valence-corrected chi connectivity index (χ1v) is 5.54. The van der Waals surface area contributed by atoms with Gasteiger partial charge in [0.25, 0.3) is 5.69 Å². The van der Waals surface area contributed by atoms with Gasteiger partial charge in [0, 0.05) is 18.0 Å². The van der Waals surface area contributed by atoms with Gasteiger partial charge < -0.3 is 4.74 Å². The molecule has 0 saturated heterocycles. The van der Waals surface area contributed by atoms with Crippen LogP contribution in [0.15, 0.2) is 12.1 Å². The molecule has 0 aliphatic heterocycles. The molecule has 1 rings (SSSR count). The van der Waals surface area contributed by atoms with Crippen molar-refractivity contribution in [1.82, 2.24) is 0 Å². The van der Waals surface area contributed by atoms with Crippen molar-refractivity contribution in [3.63, 3.8) is 0 Å². The Morgan fingerprint density at radius 1 is 1.38 bits per heavy atom. The van der Waals surface area contributed by atoms with Crippen molar-refractivity contribution in [3.8, 4) is 5.75 Å². The lowest BCUT2D eigenvalue weighted by Crippen LogP contribution is -2.02. The summed E-state index contributed by atoms with van der Waals surface area (Å²) in [6.45, 7) is 4.13. The molecule has 0 heterocycles. The van der Waals surface area contributed by atoms with Gasteiger partial charge in [0.15, 0.2) is 0 Å². The van der Waals surface area contributed by atoms with Crippen LogP contribution in [-0.4, -0.2) is 17.4 Å². The van der Waals surface area contributed by atoms with E-state index in [1.54, 1.807) is 13.8 Å². The highest BCUT2D eigenvalue weighted by atomic mass is 35.5. The maximum absolute atomic E-state index is 10.6. The molecular weight excluding hydrogens is 230 g/mol. The number of nitrogens with zero attached hydrogens (tertiary/aromatic N) is 1. The van der Waals surface area contributed by atoms with Gasteiger partial charge in [-0.2, -0.15) is 0 Å². The van der Waals surface area contributed by atoms with Crippen LogP contribution in [0, 0.1) is 24.0 Å². The van der Waals surface area contributed by atoms with Crippen LogP contribution in [0.3, 0.4) is 0 Å². The van der Waals surface area contributed by atoms with Gasteiger partial charge in [-0.1, -0.05) is 0 Å². The average molecular weight is 244 g/mol. The number of benzene rings is 1. The molecule has 1 aromatic carbocycles. The Balaban J connectivity index is 2.89. The number of non-ortho nitro benzene ring substituents is 1. The van der Waals surface area contributed by atoms with Crippen LogP contribution in [-0.2, 0) is 0 Å². The van der Waals surface area contributed by atoms with Crippen molar-refractivity contribution >= 4 is 17.3 Å². The summed E-state index contributed by atoms with van der Waals surface area (Å²) < 4.78 is 5.54. The maximum atomic E-state index is 10.6. The Hall–Kier alpha value is -1.29. The van der Waals surface area contributed by atoms with Crippen molar-refractivity contribution in [2.45, 2.75) is 20.3 Å². The third-order valence-corrected chi connectivity index (χ3v) is 2.45. The molecule has 88 valence electrons. The van der Waals surface area contributed by atoms with Gasteiger partial charge >= 0.3 is 0 Å². The number of hydrogen-bond donors (Lipinski definition) is 0. The lowest BCUT2D eigenvalue weighted by atomic mass is 10.1. The predicted octanol–water partition coefficient (Wildman–Crippen LogP) is 3.22. The second-order valence-electron chi connectivity index (χ2n) is 3.56. The first-order chi connectivity index (χ1) is 7.56. The van der Waals surface area contributed by atoms with Gasteiger partial charge in [0.2, 0.25) is 0 Å². The molecule has 0 aliphatic carbocycles. The topological polar surface area (TPSA) is 52.4 Å². The van der Waals surface area contributed by atoms with Crippen molar-refractivity contribution in [2.24, 2.45) is 0 Å². The molecule has 16 heavy (non-hydrogen) atoms. The minimum absolute atomic E-state index is 0.0969. The van der Waals surface area contributed by atoms with Crippen molar-refractivity contribution in [1.29, 1.82) is 0 Å². The van der Waals surface area contributed by atoms with E-state index in [4.69, 9.17) is 16.3 Å². The molecule has 0 saturated carbocycles. The molecule has 4 nitrogen and oxygen atoms in total. The van der Waals surface area contributed by atoms with Gasteiger partial charge in [-0.05, 0) is 31.4 Å². The van der Waals surface area contributed by atoms with Gasteiger partial charge in [0.05, 0.1) is 11.5 Å². The van der Waals surface area contributed by atoms with Crippen LogP contribution in [0.25, 0.3) is 0 Å². The molecule has 0 N–H and O–H groups in total. The van der Waals surface area contributed by atoms with Crippen LogP contribution in [0.5, 0.6) is 5.75 Å². The van der Waals surface area contributed by atoms with Crippen molar-refractivity contribution in [3.05, 3.63) is 33.4 Å². The molecule has 1 aromatic rings. The number of ether oxygens (including phenoxy) is 1. The summed E-state index contributed by atoms with van der Waals surface area (Å²) in [5.41, 5.74) is 1.65. The minimum Gasteiger partial charge on any atom is -0.493 e. The van der Waals surface area contributed by atoms with E-state index in [0.717, 1.165) is 23.3 Å². The summed E-state index contributed by atoms with van der Waals surface area (Å²) >= 11 is 5.54. The van der Waals surface area contributed by atoms with Crippen LogP contribution in [0.4, 0.5) is 5.69 Å². The van der Waals surface area contributed by atoms with Crippen LogP contribution < -0.4 is 4.74 Å². The molecule has 0 spiro atoms. The highest BCUT2D eigenvalue weighted by Crippen LogP contribution is 2.28. The SMILES string of the molecule is Cc1cc([N+](=O)[O-])cc(C)c1OCCCCl. The Labute approximate surface area is 99.3 Å². The molecule has 0 atom stereocenters. The third-order valence-electron chi connectivity index (χ3n) is 2.18. The lowest BCUT2D eigenvalue weighted by Gasteiger charge is -2.11. The lowest BCUT2D eigenvalue weighted by molar-refractivity contribution is -0.385. The van der Waals surface area contributed by atoms with Gasteiger partial charge in [0.1, 0.15) is 5.75 Å². The first kappa shape index (κ1) is 12.8. The molecule has 5 heteroatoms. The van der Waals surface area contributed by atoms with Crippen molar-refractivity contribution < 1.29 is 9.66 Å². The second kappa shape index (κ2) is 5.70. The summed E-state index contributed by atoms with van der Waals surface area (Å²) in [5.74, 6) is 1.26. The fourth-order valence-electron chi connectivity index (χ4n) is 1.49. The van der Waals surface area contributed by atoms with Gasteiger partial charge in [-0.15, -0.1) is 11.6 Å². The van der Waals surface area contributed by atoms with Gasteiger partial charge in [-0.3, -0.25) is 10.1 Å². The van der Waals surface area contributed by atoms with E-state index < -0.39 is 4.92 Å². The number of aryl methyl sites for hydroxylation is 2. The monoisotopic (exact) mass is 243 g/mol. The van der Waals surface area contributed by atoms with E-state index in [1.165, 1.54) is 12.1 Å². The zero-order chi connectivity index (χ0) is 12.1. The van der Waals surface area contributed by atoms with Crippen LogP contribution in [0.1, 0.15) is 17.5 Å². The summed E-state index contributed by atoms with van der Waals surface area (Å²) in [7, 11) is 0. The Morgan fingerprint density at radius 3 is 2.38 bits per heavy atom. The molecule has 0 fully saturated rings. The molecule has 0 aromatic heterocycles. The average Bonchev–Trinajstić information content (AvgIpc) is 2.21. The molecule has 0 radical (unpaired) electrons. The minimum atomic E-state index is -0.400. The highest BCUT2D eigenvalue weighted by Gasteiger charge is 2.12. The fourth-order valence-corrected chi connectivity index (χ4v) is 1.60. The number of nitro groups is 1. The van der Waals surface area contributed by atoms with E-state index in [9.17, 15) is 10.1 Å². The Morgan fingerprint density at radius 2 is 1.94 bits per heavy atom. The summed E-state index contributed by atoms with van der Waals surface area (Å²) in [4.78, 5) is 10.2. The summed E-state index contributed by atoms with van der Waals surface area (Å²) in [5, 5.41) is 10.6. The Bertz CT molecular complexity index is 370. The summed E-state index contributed by atoms with van der Waals surface area (Å²) in [6.07, 6.45) is 0.761. The summed E-state index contributed by atoms with van der Waals surface area (Å²) in [6, 6.07) is 3.03. The number of rotatable bonds is 5. The predicted molar refractivity (Wildman–Crippen MR) is 63.4 cm³/mol. The molecular formula is C11H14ClNO3. The molecule has 0 amide bonds. The Kier molecular flexibility index (Phi) is 4.55. The zero-order valence-electron chi connectivity index (χ0n) is 9.33. The van der Waals surface area contributed by atoms with Crippen LogP contribution in [0.2, 0.25) is 0 Å². The molecule has 0 unspecified atom stereocenters. The zero-order valence-corrected chi connectivity index (χ0v) is 10.1. The van der Waals surface area contributed by atoms with Crippen molar-refractivity contribution in [2.75, 3.05) is 12.5 Å². The quantitative estimate of drug-likeness (QED) is 0.345. The number of alkyl halides is 1. The number of nitro benzene ring substituents is 1. The first-order valence-electron chi connectivity index (χ1n) is 5.00. The smallest absolute Gasteiger partial charge is 0.270 e. The molecule has 0 aliphatic rings. The van der Waals surface area contributed by atoms with Gasteiger partial charge in [-0.25, -0.2) is 0 Å². The van der Waals surface area contributed by atoms with E-state index in [2.05, 4.69) is 0 Å². The normalized spacial score (nSPS) is 10.2. The maximum Gasteiger partial charge on any atom is 0.270 e. The van der Waals surface area contributed by atoms with E-state index >= 15 is 0 Å². The third kappa shape index (κ3) is 3.10. The van der Waals surface area contributed by atoms with Crippen LogP contribution >= 0.6 is 11.6 Å². The highest BCUT2D eigenvalue weighted by molar-refractivity contribution is 6.17. The second-order valence-corrected chi connectivity index (χ2v) is 3.93. The largest absolute Gasteiger partial charge is 0.493 e. The van der Waals surface area contributed by atoms with E-state index in [-0.39, 0.29) is 5.69 Å². The number of halogens is 1.